The molecule has 1 unspecified atom stereocenters. The van der Waals surface area contributed by atoms with E-state index in [0.29, 0.717) is 31.9 Å². The fourth-order valence-corrected chi connectivity index (χ4v) is 4.71. The van der Waals surface area contributed by atoms with Crippen LogP contribution in [0.3, 0.4) is 0 Å². The van der Waals surface area contributed by atoms with Gasteiger partial charge in [0.05, 0.1) is 19.8 Å². The predicted molar refractivity (Wildman–Crippen MR) is 73.1 cm³/mol. The van der Waals surface area contributed by atoms with Crippen LogP contribution < -0.4 is 5.73 Å². The zero-order valence-electron chi connectivity index (χ0n) is 10.6. The van der Waals surface area contributed by atoms with E-state index >= 15 is 0 Å². The lowest BCUT2D eigenvalue weighted by atomic mass is 10.2. The van der Waals surface area contributed by atoms with E-state index in [1.807, 2.05) is 6.92 Å². The number of sulfonamides is 1. The molecule has 0 amide bonds. The lowest BCUT2D eigenvalue weighted by Crippen LogP contribution is -2.48. The molecule has 1 aromatic rings. The van der Waals surface area contributed by atoms with Gasteiger partial charge in [0.2, 0.25) is 10.0 Å². The third kappa shape index (κ3) is 2.87. The van der Waals surface area contributed by atoms with E-state index < -0.39 is 10.0 Å². The molecular formula is C11H17BrN2O4S. The van der Waals surface area contributed by atoms with Crippen molar-refractivity contribution in [3.63, 3.8) is 0 Å². The average Bonchev–Trinajstić information content (AvgIpc) is 2.80. The lowest BCUT2D eigenvalue weighted by Gasteiger charge is -2.33. The van der Waals surface area contributed by atoms with Gasteiger partial charge in [-0.05, 0) is 22.4 Å². The Kier molecular flexibility index (Phi) is 4.67. The smallest absolute Gasteiger partial charge is 0.247 e. The van der Waals surface area contributed by atoms with Crippen molar-refractivity contribution in [3.05, 3.63) is 16.5 Å². The number of nitrogens with two attached hydrogens (primary N) is 1. The molecule has 2 rings (SSSR count). The molecule has 0 radical (unpaired) electrons. The Hall–Kier alpha value is -0.410. The summed E-state index contributed by atoms with van der Waals surface area (Å²) in [6.45, 7) is 3.30. The van der Waals surface area contributed by atoms with Crippen molar-refractivity contribution in [3.8, 4) is 0 Å². The first-order valence-electron chi connectivity index (χ1n) is 6.08. The maximum absolute atomic E-state index is 12.6. The summed E-state index contributed by atoms with van der Waals surface area (Å²) in [6.07, 6.45) is 0.707. The van der Waals surface area contributed by atoms with Crippen molar-refractivity contribution in [1.82, 2.24) is 4.31 Å². The molecular weight excluding hydrogens is 336 g/mol. The molecule has 1 aliphatic heterocycles. The zero-order valence-corrected chi connectivity index (χ0v) is 13.0. The fourth-order valence-electron chi connectivity index (χ4n) is 2.08. The average molecular weight is 353 g/mol. The van der Waals surface area contributed by atoms with Crippen molar-refractivity contribution in [2.24, 2.45) is 5.73 Å². The van der Waals surface area contributed by atoms with Gasteiger partial charge in [-0.25, -0.2) is 8.42 Å². The van der Waals surface area contributed by atoms with Gasteiger partial charge < -0.3 is 14.9 Å². The number of nitrogens with zero attached hydrogens (tertiary/aromatic N) is 1. The van der Waals surface area contributed by atoms with Crippen LogP contribution in [-0.4, -0.2) is 38.5 Å². The topological polar surface area (TPSA) is 85.8 Å². The van der Waals surface area contributed by atoms with Crippen molar-refractivity contribution < 1.29 is 17.6 Å². The predicted octanol–water partition coefficient (Wildman–Crippen LogP) is 1.30. The van der Waals surface area contributed by atoms with E-state index in [1.165, 1.54) is 10.4 Å². The third-order valence-electron chi connectivity index (χ3n) is 3.14. The Balaban J connectivity index is 2.37. The standard InChI is InChI=1S/C11H17BrN2O4S/c1-2-8-7-17-4-3-14(8)19(15,16)10-5-9(6-13)18-11(10)12/h5,8H,2-4,6-7,13H2,1H3. The SMILES string of the molecule is CCC1COCCN1S(=O)(=O)c1cc(CN)oc1Br. The van der Waals surface area contributed by atoms with Gasteiger partial charge in [-0.2, -0.15) is 4.31 Å². The summed E-state index contributed by atoms with van der Waals surface area (Å²) in [4.78, 5) is 0.133. The van der Waals surface area contributed by atoms with Crippen LogP contribution >= 0.6 is 15.9 Å². The zero-order chi connectivity index (χ0) is 14.0. The molecule has 0 aromatic carbocycles. The van der Waals surface area contributed by atoms with E-state index in [4.69, 9.17) is 14.9 Å². The second kappa shape index (κ2) is 5.92. The van der Waals surface area contributed by atoms with Gasteiger partial charge in [-0.1, -0.05) is 6.92 Å². The van der Waals surface area contributed by atoms with Crippen LogP contribution in [0.1, 0.15) is 19.1 Å². The minimum Gasteiger partial charge on any atom is -0.452 e. The monoisotopic (exact) mass is 352 g/mol. The first-order chi connectivity index (χ1) is 9.00. The van der Waals surface area contributed by atoms with Crippen molar-refractivity contribution >= 4 is 26.0 Å². The number of rotatable bonds is 4. The maximum Gasteiger partial charge on any atom is 0.247 e. The summed E-state index contributed by atoms with van der Waals surface area (Å²) >= 11 is 3.14. The van der Waals surface area contributed by atoms with Crippen molar-refractivity contribution in [2.75, 3.05) is 19.8 Å². The molecule has 0 spiro atoms. The highest BCUT2D eigenvalue weighted by molar-refractivity contribution is 9.10. The summed E-state index contributed by atoms with van der Waals surface area (Å²) < 4.78 is 37.6. The summed E-state index contributed by atoms with van der Waals surface area (Å²) in [7, 11) is -3.59. The Morgan fingerprint density at radius 1 is 1.58 bits per heavy atom. The fraction of sp³-hybridized carbons (Fsp3) is 0.636. The van der Waals surface area contributed by atoms with E-state index in [-0.39, 0.29) is 22.2 Å². The number of hydrogen-bond donors (Lipinski definition) is 1. The molecule has 2 N–H and O–H groups in total. The highest BCUT2D eigenvalue weighted by Crippen LogP contribution is 2.30. The van der Waals surface area contributed by atoms with Gasteiger partial charge in [0.25, 0.3) is 0 Å². The Morgan fingerprint density at radius 3 is 2.89 bits per heavy atom. The van der Waals surface area contributed by atoms with Crippen LogP contribution in [0, 0.1) is 0 Å². The van der Waals surface area contributed by atoms with Gasteiger partial charge >= 0.3 is 0 Å². The molecule has 108 valence electrons. The number of hydrogen-bond acceptors (Lipinski definition) is 5. The van der Waals surface area contributed by atoms with E-state index in [0.717, 1.165) is 0 Å². The Morgan fingerprint density at radius 2 is 2.32 bits per heavy atom. The quantitative estimate of drug-likeness (QED) is 0.882. The van der Waals surface area contributed by atoms with Gasteiger partial charge in [-0.15, -0.1) is 0 Å². The molecule has 1 aromatic heterocycles. The van der Waals surface area contributed by atoms with E-state index in [1.54, 1.807) is 0 Å². The first kappa shape index (κ1) is 15.0. The van der Waals surface area contributed by atoms with Gasteiger partial charge in [0.1, 0.15) is 10.7 Å². The summed E-state index contributed by atoms with van der Waals surface area (Å²) in [5.41, 5.74) is 5.46. The van der Waals surface area contributed by atoms with Crippen LogP contribution in [0.15, 0.2) is 20.0 Å². The number of furan rings is 1. The molecule has 1 aliphatic rings. The van der Waals surface area contributed by atoms with Crippen LogP contribution in [0.4, 0.5) is 0 Å². The Bertz CT molecular complexity index is 543. The molecule has 0 aliphatic carbocycles. The molecule has 0 saturated carbocycles. The largest absolute Gasteiger partial charge is 0.452 e. The first-order valence-corrected chi connectivity index (χ1v) is 8.31. The van der Waals surface area contributed by atoms with Crippen molar-refractivity contribution in [2.45, 2.75) is 30.8 Å². The second-order valence-electron chi connectivity index (χ2n) is 4.31. The normalized spacial score (nSPS) is 21.7. The molecule has 6 nitrogen and oxygen atoms in total. The van der Waals surface area contributed by atoms with Crippen LogP contribution in [0.2, 0.25) is 0 Å². The molecule has 1 fully saturated rings. The summed E-state index contributed by atoms with van der Waals surface area (Å²) in [6, 6.07) is 1.34. The van der Waals surface area contributed by atoms with Gasteiger partial charge in [0.15, 0.2) is 4.67 Å². The molecule has 0 bridgehead atoms. The summed E-state index contributed by atoms with van der Waals surface area (Å²) in [5, 5.41) is 0. The number of halogens is 1. The minimum atomic E-state index is -3.59. The minimum absolute atomic E-state index is 0.133. The molecule has 2 heterocycles. The number of ether oxygens (including phenoxy) is 1. The van der Waals surface area contributed by atoms with Crippen LogP contribution in [0.5, 0.6) is 0 Å². The molecule has 19 heavy (non-hydrogen) atoms. The number of morpholine rings is 1. The third-order valence-corrected chi connectivity index (χ3v) is 5.95. The highest BCUT2D eigenvalue weighted by atomic mass is 79.9. The molecule has 1 atom stereocenters. The van der Waals surface area contributed by atoms with E-state index in [9.17, 15) is 8.42 Å². The van der Waals surface area contributed by atoms with E-state index in [2.05, 4.69) is 15.9 Å². The molecule has 1 saturated heterocycles. The van der Waals surface area contributed by atoms with Gasteiger partial charge in [0, 0.05) is 18.7 Å². The maximum atomic E-state index is 12.6. The highest BCUT2D eigenvalue weighted by Gasteiger charge is 2.35. The van der Waals surface area contributed by atoms with Crippen LogP contribution in [-0.2, 0) is 21.3 Å². The second-order valence-corrected chi connectivity index (χ2v) is 6.89. The lowest BCUT2D eigenvalue weighted by molar-refractivity contribution is 0.0314. The summed E-state index contributed by atoms with van der Waals surface area (Å²) in [5.74, 6) is 0.437. The van der Waals surface area contributed by atoms with Gasteiger partial charge in [-0.3, -0.25) is 0 Å². The Labute approximate surface area is 121 Å². The van der Waals surface area contributed by atoms with Crippen LogP contribution in [0.25, 0.3) is 0 Å². The van der Waals surface area contributed by atoms with Crippen molar-refractivity contribution in [1.29, 1.82) is 0 Å². The molecule has 8 heteroatoms.